The Balaban J connectivity index is 1.77. The maximum atomic E-state index is 13.1. The van der Waals surface area contributed by atoms with Gasteiger partial charge in [0.25, 0.3) is 0 Å². The summed E-state index contributed by atoms with van der Waals surface area (Å²) in [4.78, 5) is 13.1. The quantitative estimate of drug-likeness (QED) is 0.818. The predicted octanol–water partition coefficient (Wildman–Crippen LogP) is 4.01. The van der Waals surface area contributed by atoms with Crippen LogP contribution in [0.15, 0.2) is 35.5 Å². The SMILES string of the molecule is COc1cc(OC)c([C@H]2C3=C(CCCC3=O)Nc3cc4c(cc32)OCO4)cc1OC. The van der Waals surface area contributed by atoms with Crippen LogP contribution in [0.5, 0.6) is 28.7 Å². The van der Waals surface area contributed by atoms with E-state index in [2.05, 4.69) is 5.32 Å². The summed E-state index contributed by atoms with van der Waals surface area (Å²) < 4.78 is 27.9. The zero-order chi connectivity index (χ0) is 20.8. The van der Waals surface area contributed by atoms with Gasteiger partial charge in [-0.2, -0.15) is 0 Å². The van der Waals surface area contributed by atoms with E-state index in [1.807, 2.05) is 18.2 Å². The van der Waals surface area contributed by atoms with Gasteiger partial charge in [-0.15, -0.1) is 0 Å². The van der Waals surface area contributed by atoms with E-state index in [-0.39, 0.29) is 18.5 Å². The summed E-state index contributed by atoms with van der Waals surface area (Å²) in [5.41, 5.74) is 4.44. The zero-order valence-corrected chi connectivity index (χ0v) is 17.2. The third kappa shape index (κ3) is 2.76. The van der Waals surface area contributed by atoms with Crippen LogP contribution in [-0.4, -0.2) is 33.9 Å². The Morgan fingerprint density at radius 1 is 0.867 bits per heavy atom. The molecular formula is C23H23NO6. The number of ether oxygens (including phenoxy) is 5. The Morgan fingerprint density at radius 3 is 2.30 bits per heavy atom. The number of anilines is 1. The van der Waals surface area contributed by atoms with Gasteiger partial charge in [0.2, 0.25) is 6.79 Å². The number of hydrogen-bond donors (Lipinski definition) is 1. The molecule has 2 aliphatic heterocycles. The van der Waals surface area contributed by atoms with E-state index in [4.69, 9.17) is 23.7 Å². The van der Waals surface area contributed by atoms with Crippen LogP contribution in [0.25, 0.3) is 0 Å². The van der Waals surface area contributed by atoms with Crippen LogP contribution in [0.2, 0.25) is 0 Å². The Labute approximate surface area is 174 Å². The molecule has 0 fully saturated rings. The Kier molecular flexibility index (Phi) is 4.46. The highest BCUT2D eigenvalue weighted by atomic mass is 16.7. The van der Waals surface area contributed by atoms with Crippen LogP contribution in [0.3, 0.4) is 0 Å². The molecule has 0 saturated heterocycles. The molecule has 0 aromatic heterocycles. The molecule has 1 N–H and O–H groups in total. The minimum absolute atomic E-state index is 0.147. The van der Waals surface area contributed by atoms with Gasteiger partial charge in [0.1, 0.15) is 5.75 Å². The molecule has 0 spiro atoms. The lowest BCUT2D eigenvalue weighted by Gasteiger charge is -2.35. The van der Waals surface area contributed by atoms with Gasteiger partial charge in [-0.1, -0.05) is 0 Å². The van der Waals surface area contributed by atoms with Crippen molar-refractivity contribution in [3.05, 3.63) is 46.7 Å². The number of hydrogen-bond acceptors (Lipinski definition) is 7. The van der Waals surface area contributed by atoms with E-state index in [1.54, 1.807) is 27.4 Å². The summed E-state index contributed by atoms with van der Waals surface area (Å²) in [7, 11) is 4.80. The van der Waals surface area contributed by atoms with Crippen molar-refractivity contribution in [2.75, 3.05) is 33.4 Å². The standard InChI is InChI=1S/C23H23NO6/c1-26-17-10-19(28-3)18(27-2)8-13(17)22-12-7-20-21(30-11-29-20)9-15(12)24-14-5-4-6-16(25)23(14)22/h7-10,22,24H,4-6,11H2,1-3H3/t22-/m0/s1. The average molecular weight is 409 g/mol. The molecule has 7 heteroatoms. The van der Waals surface area contributed by atoms with Crippen molar-refractivity contribution in [2.45, 2.75) is 25.2 Å². The first-order chi connectivity index (χ1) is 14.6. The lowest BCUT2D eigenvalue weighted by molar-refractivity contribution is -0.116. The largest absolute Gasteiger partial charge is 0.496 e. The highest BCUT2D eigenvalue weighted by molar-refractivity contribution is 6.01. The number of Topliss-reactive ketones (excluding diaryl/α,β-unsaturated/α-hetero) is 1. The molecule has 5 rings (SSSR count). The highest BCUT2D eigenvalue weighted by Gasteiger charge is 2.38. The van der Waals surface area contributed by atoms with Crippen molar-refractivity contribution in [3.8, 4) is 28.7 Å². The normalized spacial score (nSPS) is 19.0. The van der Waals surface area contributed by atoms with Crippen molar-refractivity contribution in [1.29, 1.82) is 0 Å². The summed E-state index contributed by atoms with van der Waals surface area (Å²) in [5, 5.41) is 3.47. The molecule has 0 unspecified atom stereocenters. The van der Waals surface area contributed by atoms with Crippen molar-refractivity contribution < 1.29 is 28.5 Å². The monoisotopic (exact) mass is 409 g/mol. The number of methoxy groups -OCH3 is 3. The molecule has 0 bridgehead atoms. The van der Waals surface area contributed by atoms with E-state index in [0.29, 0.717) is 35.2 Å². The van der Waals surface area contributed by atoms with E-state index in [1.165, 1.54) is 0 Å². The van der Waals surface area contributed by atoms with Crippen molar-refractivity contribution in [2.24, 2.45) is 0 Å². The number of carbonyl (C=O) groups excluding carboxylic acids is 1. The van der Waals surface area contributed by atoms with Crippen LogP contribution in [0.4, 0.5) is 5.69 Å². The average Bonchev–Trinajstić information content (AvgIpc) is 3.22. The molecule has 2 aromatic carbocycles. The molecule has 0 amide bonds. The highest BCUT2D eigenvalue weighted by Crippen LogP contribution is 2.52. The van der Waals surface area contributed by atoms with Crippen molar-refractivity contribution in [3.63, 3.8) is 0 Å². The number of ketones is 1. The van der Waals surface area contributed by atoms with Gasteiger partial charge in [-0.25, -0.2) is 0 Å². The van der Waals surface area contributed by atoms with E-state index in [0.717, 1.165) is 40.9 Å². The molecule has 2 heterocycles. The topological polar surface area (TPSA) is 75.3 Å². The number of carbonyl (C=O) groups is 1. The summed E-state index contributed by atoms with van der Waals surface area (Å²) in [6.45, 7) is 0.189. The minimum atomic E-state index is -0.312. The summed E-state index contributed by atoms with van der Waals surface area (Å²) in [5.74, 6) is 3.00. The Morgan fingerprint density at radius 2 is 1.57 bits per heavy atom. The third-order valence-corrected chi connectivity index (χ3v) is 5.93. The Bertz CT molecular complexity index is 1070. The van der Waals surface area contributed by atoms with E-state index < -0.39 is 0 Å². The van der Waals surface area contributed by atoms with Crippen LogP contribution in [0.1, 0.15) is 36.3 Å². The number of allylic oxidation sites excluding steroid dienone is 2. The molecule has 7 nitrogen and oxygen atoms in total. The van der Waals surface area contributed by atoms with Gasteiger partial charge in [0, 0.05) is 47.0 Å². The molecule has 3 aliphatic rings. The second kappa shape index (κ2) is 7.16. The molecule has 2 aromatic rings. The second-order valence-electron chi connectivity index (χ2n) is 7.47. The molecule has 156 valence electrons. The fourth-order valence-electron chi connectivity index (χ4n) is 4.55. The van der Waals surface area contributed by atoms with Crippen LogP contribution < -0.4 is 29.0 Å². The lowest BCUT2D eigenvalue weighted by atomic mass is 9.75. The Hall–Kier alpha value is -3.35. The fourth-order valence-corrected chi connectivity index (χ4v) is 4.55. The van der Waals surface area contributed by atoms with E-state index in [9.17, 15) is 4.79 Å². The molecule has 0 radical (unpaired) electrons. The van der Waals surface area contributed by atoms with Gasteiger partial charge in [-0.05, 0) is 30.5 Å². The van der Waals surface area contributed by atoms with Crippen molar-refractivity contribution in [1.82, 2.24) is 0 Å². The fraction of sp³-hybridized carbons (Fsp3) is 0.348. The zero-order valence-electron chi connectivity index (χ0n) is 17.2. The maximum absolute atomic E-state index is 13.1. The molecule has 0 saturated carbocycles. The summed E-state index contributed by atoms with van der Waals surface area (Å²) in [6.07, 6.45) is 2.19. The predicted molar refractivity (Wildman–Crippen MR) is 110 cm³/mol. The first kappa shape index (κ1) is 18.7. The number of benzene rings is 2. The second-order valence-corrected chi connectivity index (χ2v) is 7.47. The van der Waals surface area contributed by atoms with Gasteiger partial charge in [-0.3, -0.25) is 4.79 Å². The van der Waals surface area contributed by atoms with E-state index >= 15 is 0 Å². The molecule has 1 atom stereocenters. The van der Waals surface area contributed by atoms with Gasteiger partial charge in [0.05, 0.1) is 21.3 Å². The van der Waals surface area contributed by atoms with Gasteiger partial charge >= 0.3 is 0 Å². The first-order valence-electron chi connectivity index (χ1n) is 9.91. The molecule has 30 heavy (non-hydrogen) atoms. The molecular weight excluding hydrogens is 386 g/mol. The summed E-state index contributed by atoms with van der Waals surface area (Å²) >= 11 is 0. The molecule has 1 aliphatic carbocycles. The van der Waals surface area contributed by atoms with Crippen LogP contribution in [0, 0.1) is 0 Å². The maximum Gasteiger partial charge on any atom is 0.231 e. The van der Waals surface area contributed by atoms with Crippen molar-refractivity contribution >= 4 is 11.5 Å². The number of rotatable bonds is 4. The summed E-state index contributed by atoms with van der Waals surface area (Å²) in [6, 6.07) is 7.60. The minimum Gasteiger partial charge on any atom is -0.496 e. The van der Waals surface area contributed by atoms with Crippen LogP contribution in [-0.2, 0) is 4.79 Å². The van der Waals surface area contributed by atoms with Gasteiger partial charge in [0.15, 0.2) is 28.8 Å². The smallest absolute Gasteiger partial charge is 0.231 e. The lowest BCUT2D eigenvalue weighted by Crippen LogP contribution is -2.27. The first-order valence-corrected chi connectivity index (χ1v) is 9.91. The third-order valence-electron chi connectivity index (χ3n) is 5.93. The van der Waals surface area contributed by atoms with Gasteiger partial charge < -0.3 is 29.0 Å². The number of fused-ring (bicyclic) bond motifs is 2. The van der Waals surface area contributed by atoms with Crippen LogP contribution >= 0.6 is 0 Å². The number of nitrogens with one attached hydrogen (secondary N) is 1.